The quantitative estimate of drug-likeness (QED) is 0.548. The van der Waals surface area contributed by atoms with Gasteiger partial charge in [0.05, 0.1) is 24.8 Å². The van der Waals surface area contributed by atoms with Crippen LogP contribution in [0.25, 0.3) is 11.4 Å². The number of hydrogen-bond acceptors (Lipinski definition) is 6. The predicted octanol–water partition coefficient (Wildman–Crippen LogP) is 2.85. The summed E-state index contributed by atoms with van der Waals surface area (Å²) in [6.45, 7) is 1.02. The highest BCUT2D eigenvalue weighted by Crippen LogP contribution is 2.25. The van der Waals surface area contributed by atoms with Gasteiger partial charge in [-0.3, -0.25) is 14.3 Å². The van der Waals surface area contributed by atoms with Crippen LogP contribution in [0.5, 0.6) is 0 Å². The second-order valence-corrected chi connectivity index (χ2v) is 7.07. The van der Waals surface area contributed by atoms with Crippen LogP contribution in [0.4, 0.5) is 0 Å². The Morgan fingerprint density at radius 2 is 2.04 bits per heavy atom. The van der Waals surface area contributed by atoms with Gasteiger partial charge in [-0.25, -0.2) is 0 Å². The molecule has 0 spiro atoms. The summed E-state index contributed by atoms with van der Waals surface area (Å²) >= 11 is 1.35. The Balaban J connectivity index is 1.81. The first kappa shape index (κ1) is 19.6. The summed E-state index contributed by atoms with van der Waals surface area (Å²) in [5.74, 6) is 0.907. The van der Waals surface area contributed by atoms with E-state index < -0.39 is 0 Å². The van der Waals surface area contributed by atoms with Crippen molar-refractivity contribution in [3.05, 3.63) is 60.4 Å². The Morgan fingerprint density at radius 1 is 1.21 bits per heavy atom. The van der Waals surface area contributed by atoms with E-state index in [0.29, 0.717) is 30.5 Å². The van der Waals surface area contributed by atoms with Crippen LogP contribution in [0.2, 0.25) is 0 Å². The fraction of sp³-hybridized carbons (Fsp3) is 0.250. The fourth-order valence-electron chi connectivity index (χ4n) is 2.59. The average Bonchev–Trinajstić information content (AvgIpc) is 3.14. The van der Waals surface area contributed by atoms with E-state index in [1.54, 1.807) is 24.3 Å². The first-order valence-corrected chi connectivity index (χ1v) is 9.79. The van der Waals surface area contributed by atoms with Crippen molar-refractivity contribution >= 4 is 17.7 Å². The Hall–Kier alpha value is -3.18. The number of carbonyl (C=O) groups is 1. The second kappa shape index (κ2) is 9.67. The van der Waals surface area contributed by atoms with Gasteiger partial charge in [0, 0.05) is 31.5 Å². The summed E-state index contributed by atoms with van der Waals surface area (Å²) in [6, 6.07) is 15.9. The third-order valence-corrected chi connectivity index (χ3v) is 5.08. The van der Waals surface area contributed by atoms with Crippen LogP contribution >= 0.6 is 11.8 Å². The highest BCUT2D eigenvalue weighted by molar-refractivity contribution is 7.99. The summed E-state index contributed by atoms with van der Waals surface area (Å²) in [5.41, 5.74) is 1.99. The molecule has 2 aromatic heterocycles. The molecular formula is C20H20N6OS. The molecule has 3 rings (SSSR count). The summed E-state index contributed by atoms with van der Waals surface area (Å²) in [4.78, 5) is 18.0. The van der Waals surface area contributed by atoms with E-state index >= 15 is 0 Å². The number of thioether (sulfide) groups is 1. The molecule has 142 valence electrons. The van der Waals surface area contributed by atoms with Crippen LogP contribution in [0, 0.1) is 11.3 Å². The molecule has 2 heterocycles. The standard InChI is InChI=1S/C20H20N6OS/c1-25(12-6-10-21)18(27)15-28-20-24-23-19(17-9-5-11-22-13-17)26(20)14-16-7-3-2-4-8-16/h2-5,7-9,11,13H,6,12,14-15H2,1H3. The molecule has 0 saturated carbocycles. The predicted molar refractivity (Wildman–Crippen MR) is 107 cm³/mol. The minimum absolute atomic E-state index is 0.0440. The zero-order valence-electron chi connectivity index (χ0n) is 15.5. The number of nitrogens with zero attached hydrogens (tertiary/aromatic N) is 6. The van der Waals surface area contributed by atoms with Crippen LogP contribution in [-0.4, -0.2) is 49.9 Å². The lowest BCUT2D eigenvalue weighted by Gasteiger charge is -2.15. The molecule has 0 saturated heterocycles. The first-order valence-electron chi connectivity index (χ1n) is 8.80. The molecule has 7 nitrogen and oxygen atoms in total. The van der Waals surface area contributed by atoms with Crippen molar-refractivity contribution in [2.45, 2.75) is 18.1 Å². The van der Waals surface area contributed by atoms with Gasteiger partial charge >= 0.3 is 0 Å². The topological polar surface area (TPSA) is 87.7 Å². The smallest absolute Gasteiger partial charge is 0.232 e. The molecule has 0 aliphatic heterocycles. The Labute approximate surface area is 168 Å². The van der Waals surface area contributed by atoms with E-state index in [-0.39, 0.29) is 11.7 Å². The molecule has 0 atom stereocenters. The van der Waals surface area contributed by atoms with Gasteiger partial charge in [-0.15, -0.1) is 10.2 Å². The minimum atomic E-state index is -0.0440. The van der Waals surface area contributed by atoms with E-state index in [4.69, 9.17) is 5.26 Å². The van der Waals surface area contributed by atoms with Crippen LogP contribution < -0.4 is 0 Å². The monoisotopic (exact) mass is 392 g/mol. The molecule has 1 amide bonds. The molecule has 0 aliphatic rings. The van der Waals surface area contributed by atoms with Crippen LogP contribution in [0.3, 0.4) is 0 Å². The normalized spacial score (nSPS) is 10.4. The largest absolute Gasteiger partial charge is 0.344 e. The maximum Gasteiger partial charge on any atom is 0.232 e. The van der Waals surface area contributed by atoms with Crippen molar-refractivity contribution in [3.63, 3.8) is 0 Å². The van der Waals surface area contributed by atoms with Gasteiger partial charge in [0.2, 0.25) is 5.91 Å². The summed E-state index contributed by atoms with van der Waals surface area (Å²) < 4.78 is 2.00. The lowest BCUT2D eigenvalue weighted by molar-refractivity contribution is -0.127. The Bertz CT molecular complexity index is 952. The first-order chi connectivity index (χ1) is 13.7. The maximum absolute atomic E-state index is 12.3. The molecule has 28 heavy (non-hydrogen) atoms. The van der Waals surface area contributed by atoms with Crippen molar-refractivity contribution in [3.8, 4) is 17.5 Å². The number of hydrogen-bond donors (Lipinski definition) is 0. The third-order valence-electron chi connectivity index (χ3n) is 4.13. The number of pyridine rings is 1. The third kappa shape index (κ3) is 4.96. The molecule has 0 fully saturated rings. The lowest BCUT2D eigenvalue weighted by atomic mass is 10.2. The van der Waals surface area contributed by atoms with Gasteiger partial charge in [0.15, 0.2) is 11.0 Å². The Kier molecular flexibility index (Phi) is 6.76. The van der Waals surface area contributed by atoms with Gasteiger partial charge < -0.3 is 4.90 Å². The molecule has 0 aliphatic carbocycles. The number of amides is 1. The molecule has 1 aromatic carbocycles. The summed E-state index contributed by atoms with van der Waals surface area (Å²) in [7, 11) is 1.70. The molecule has 3 aromatic rings. The second-order valence-electron chi connectivity index (χ2n) is 6.13. The molecule has 8 heteroatoms. The number of benzene rings is 1. The number of aromatic nitrogens is 4. The van der Waals surface area contributed by atoms with Gasteiger partial charge in [-0.05, 0) is 17.7 Å². The van der Waals surface area contributed by atoms with Gasteiger partial charge in [0.1, 0.15) is 0 Å². The molecular weight excluding hydrogens is 372 g/mol. The average molecular weight is 392 g/mol. The molecule has 0 N–H and O–H groups in total. The number of rotatable bonds is 8. The van der Waals surface area contributed by atoms with Crippen LogP contribution in [-0.2, 0) is 11.3 Å². The summed E-state index contributed by atoms with van der Waals surface area (Å²) in [6.07, 6.45) is 3.79. The Morgan fingerprint density at radius 3 is 2.75 bits per heavy atom. The van der Waals surface area contributed by atoms with E-state index in [2.05, 4.69) is 21.3 Å². The van der Waals surface area contributed by atoms with Crippen molar-refractivity contribution in [1.82, 2.24) is 24.6 Å². The van der Waals surface area contributed by atoms with Crippen molar-refractivity contribution in [2.75, 3.05) is 19.3 Å². The van der Waals surface area contributed by atoms with Crippen molar-refractivity contribution < 1.29 is 4.79 Å². The number of carbonyl (C=O) groups excluding carboxylic acids is 1. The van der Waals surface area contributed by atoms with E-state index in [1.165, 1.54) is 11.8 Å². The fourth-order valence-corrected chi connectivity index (χ4v) is 3.47. The van der Waals surface area contributed by atoms with Crippen molar-refractivity contribution in [2.24, 2.45) is 0 Å². The highest BCUT2D eigenvalue weighted by atomic mass is 32.2. The van der Waals surface area contributed by atoms with E-state index in [9.17, 15) is 4.79 Å². The SMILES string of the molecule is CN(CCC#N)C(=O)CSc1nnc(-c2cccnc2)n1Cc1ccccc1. The van der Waals surface area contributed by atoms with Gasteiger partial charge in [0.25, 0.3) is 0 Å². The molecule has 0 bridgehead atoms. The molecule has 0 unspecified atom stereocenters. The van der Waals surface area contributed by atoms with E-state index in [1.807, 2.05) is 47.0 Å². The zero-order valence-corrected chi connectivity index (χ0v) is 16.3. The highest BCUT2D eigenvalue weighted by Gasteiger charge is 2.17. The van der Waals surface area contributed by atoms with Gasteiger partial charge in [-0.1, -0.05) is 42.1 Å². The van der Waals surface area contributed by atoms with E-state index in [0.717, 1.165) is 11.1 Å². The maximum atomic E-state index is 12.3. The zero-order chi connectivity index (χ0) is 19.8. The van der Waals surface area contributed by atoms with Gasteiger partial charge in [-0.2, -0.15) is 5.26 Å². The summed E-state index contributed by atoms with van der Waals surface area (Å²) in [5, 5.41) is 18.0. The minimum Gasteiger partial charge on any atom is -0.344 e. The van der Waals surface area contributed by atoms with Crippen LogP contribution in [0.15, 0.2) is 60.0 Å². The lowest BCUT2D eigenvalue weighted by Crippen LogP contribution is -2.29. The number of nitriles is 1. The van der Waals surface area contributed by atoms with Crippen LogP contribution in [0.1, 0.15) is 12.0 Å². The van der Waals surface area contributed by atoms with Crippen molar-refractivity contribution in [1.29, 1.82) is 5.26 Å². The molecule has 0 radical (unpaired) electrons.